The van der Waals surface area contributed by atoms with Gasteiger partial charge in [0.05, 0.1) is 18.3 Å². The molecule has 0 aromatic carbocycles. The average molecular weight is 447 g/mol. The summed E-state index contributed by atoms with van der Waals surface area (Å²) in [7, 11) is -2.06. The van der Waals surface area contributed by atoms with Crippen molar-refractivity contribution in [2.45, 2.75) is 63.8 Å². The molecule has 2 N–H and O–H groups in total. The molecule has 0 aliphatic carbocycles. The monoisotopic (exact) mass is 446 g/mol. The molecule has 1 aromatic heterocycles. The molecule has 7 nitrogen and oxygen atoms in total. The van der Waals surface area contributed by atoms with E-state index in [0.29, 0.717) is 12.0 Å². The highest BCUT2D eigenvalue weighted by Crippen LogP contribution is 2.40. The summed E-state index contributed by atoms with van der Waals surface area (Å²) < 4.78 is 13.6. The van der Waals surface area contributed by atoms with Gasteiger partial charge >= 0.3 is 5.69 Å². The van der Waals surface area contributed by atoms with Crippen molar-refractivity contribution in [3.63, 3.8) is 0 Å². The Hall–Kier alpha value is -1.00. The molecule has 146 valence electrons. The van der Waals surface area contributed by atoms with Gasteiger partial charge in [0.1, 0.15) is 12.3 Å². The van der Waals surface area contributed by atoms with Crippen LogP contribution in [0.1, 0.15) is 39.0 Å². The summed E-state index contributed by atoms with van der Waals surface area (Å²) in [5.74, 6) is 0. The van der Waals surface area contributed by atoms with Gasteiger partial charge in [-0.1, -0.05) is 36.7 Å². The lowest BCUT2D eigenvalue weighted by Gasteiger charge is -2.39. The molecule has 1 fully saturated rings. The van der Waals surface area contributed by atoms with Crippen molar-refractivity contribution in [2.24, 2.45) is 0 Å². The first-order valence-electron chi connectivity index (χ1n) is 8.56. The summed E-state index contributed by atoms with van der Waals surface area (Å²) in [6.07, 6.45) is 2.03. The van der Waals surface area contributed by atoms with Crippen LogP contribution in [-0.2, 0) is 9.16 Å². The van der Waals surface area contributed by atoms with Crippen LogP contribution >= 0.6 is 15.9 Å². The molecule has 0 saturated carbocycles. The third-order valence-corrected chi connectivity index (χ3v) is 9.93. The lowest BCUT2D eigenvalue weighted by molar-refractivity contribution is -0.0438. The SMILES string of the molecule is CC(C)(C)[Si](C)(C)O[C@H]1C[C@H](n2cc(C=CBr)c(=O)[nH]c2=O)O[C@@H]1CO. The molecule has 1 aromatic rings. The van der Waals surface area contributed by atoms with Crippen molar-refractivity contribution in [2.75, 3.05) is 6.61 Å². The number of halogens is 1. The molecule has 3 atom stereocenters. The molecule has 26 heavy (non-hydrogen) atoms. The predicted octanol–water partition coefficient (Wildman–Crippen LogP) is 2.57. The zero-order chi connectivity index (χ0) is 19.7. The number of aromatic amines is 1. The molecule has 1 aliphatic heterocycles. The van der Waals surface area contributed by atoms with Gasteiger partial charge in [-0.2, -0.15) is 0 Å². The van der Waals surface area contributed by atoms with E-state index in [4.69, 9.17) is 9.16 Å². The molecule has 9 heteroatoms. The normalized spacial score (nSPS) is 24.5. The van der Waals surface area contributed by atoms with Crippen LogP contribution in [-0.4, -0.2) is 41.8 Å². The van der Waals surface area contributed by atoms with Crippen LogP contribution in [0.5, 0.6) is 0 Å². The van der Waals surface area contributed by atoms with Gasteiger partial charge in [0.15, 0.2) is 8.32 Å². The van der Waals surface area contributed by atoms with Crippen LogP contribution in [0, 0.1) is 0 Å². The summed E-state index contributed by atoms with van der Waals surface area (Å²) in [5, 5.41) is 9.72. The predicted molar refractivity (Wildman–Crippen MR) is 107 cm³/mol. The number of H-pyrrole nitrogens is 1. The minimum atomic E-state index is -2.06. The first kappa shape index (κ1) is 21.3. The Labute approximate surface area is 162 Å². The van der Waals surface area contributed by atoms with Gasteiger partial charge in [0, 0.05) is 12.6 Å². The molecule has 2 rings (SSSR count). The third kappa shape index (κ3) is 4.45. The number of hydrogen-bond acceptors (Lipinski definition) is 5. The lowest BCUT2D eigenvalue weighted by atomic mass is 10.2. The smallest absolute Gasteiger partial charge is 0.330 e. The van der Waals surface area contributed by atoms with E-state index in [0.717, 1.165) is 0 Å². The summed E-state index contributed by atoms with van der Waals surface area (Å²) in [4.78, 5) is 27.9. The van der Waals surface area contributed by atoms with E-state index >= 15 is 0 Å². The molecule has 0 unspecified atom stereocenters. The van der Waals surface area contributed by atoms with Gasteiger partial charge < -0.3 is 14.3 Å². The Morgan fingerprint density at radius 1 is 1.46 bits per heavy atom. The summed E-state index contributed by atoms with van der Waals surface area (Å²) in [6.45, 7) is 10.5. The average Bonchev–Trinajstić information content (AvgIpc) is 2.91. The van der Waals surface area contributed by atoms with E-state index in [2.05, 4.69) is 54.8 Å². The van der Waals surface area contributed by atoms with Crippen molar-refractivity contribution < 1.29 is 14.3 Å². The fourth-order valence-corrected chi connectivity index (χ4v) is 4.26. The lowest BCUT2D eigenvalue weighted by Crippen LogP contribution is -2.46. The second-order valence-electron chi connectivity index (χ2n) is 8.01. The van der Waals surface area contributed by atoms with Crippen molar-refractivity contribution in [3.05, 3.63) is 37.6 Å². The number of aromatic nitrogens is 2. The zero-order valence-corrected chi connectivity index (χ0v) is 18.4. The van der Waals surface area contributed by atoms with E-state index in [9.17, 15) is 14.7 Å². The molecule has 0 radical (unpaired) electrons. The first-order chi connectivity index (χ1) is 12.0. The fraction of sp³-hybridized carbons (Fsp3) is 0.647. The summed E-state index contributed by atoms with van der Waals surface area (Å²) >= 11 is 3.13. The highest BCUT2D eigenvalue weighted by molar-refractivity contribution is 9.11. The van der Waals surface area contributed by atoms with Gasteiger partial charge in [-0.3, -0.25) is 14.3 Å². The Kier molecular flexibility index (Phi) is 6.50. The maximum absolute atomic E-state index is 12.2. The van der Waals surface area contributed by atoms with Gasteiger partial charge in [-0.15, -0.1) is 0 Å². The van der Waals surface area contributed by atoms with Crippen molar-refractivity contribution in [3.8, 4) is 0 Å². The largest absolute Gasteiger partial charge is 0.411 e. The van der Waals surface area contributed by atoms with Crippen LogP contribution in [0.15, 0.2) is 20.8 Å². The van der Waals surface area contributed by atoms with E-state index < -0.39 is 31.9 Å². The van der Waals surface area contributed by atoms with E-state index in [1.54, 1.807) is 11.1 Å². The minimum absolute atomic E-state index is 0.0216. The minimum Gasteiger partial charge on any atom is -0.411 e. The number of aliphatic hydroxyl groups is 1. The standard InChI is InChI=1S/C17H27BrN2O5Si/c1-17(2,3)26(4,5)25-12-8-14(24-13(12)10-21)20-9-11(6-7-18)15(22)19-16(20)23/h6-7,9,12-14,21H,8,10H2,1-5H3,(H,19,22,23)/t12-,13+,14+/m0/s1. The summed E-state index contributed by atoms with van der Waals surface area (Å²) in [5.41, 5.74) is -0.677. The second kappa shape index (κ2) is 7.93. The quantitative estimate of drug-likeness (QED) is 0.677. The Bertz CT molecular complexity index is 781. The van der Waals surface area contributed by atoms with Crippen molar-refractivity contribution in [1.82, 2.24) is 9.55 Å². The zero-order valence-electron chi connectivity index (χ0n) is 15.8. The first-order valence-corrected chi connectivity index (χ1v) is 12.4. The maximum Gasteiger partial charge on any atom is 0.330 e. The molecule has 0 spiro atoms. The number of hydrogen-bond donors (Lipinski definition) is 2. The van der Waals surface area contributed by atoms with Crippen molar-refractivity contribution in [1.29, 1.82) is 0 Å². The van der Waals surface area contributed by atoms with Crippen LogP contribution in [0.25, 0.3) is 6.08 Å². The van der Waals surface area contributed by atoms with Gasteiger partial charge in [-0.25, -0.2) is 4.79 Å². The van der Waals surface area contributed by atoms with Crippen LogP contribution < -0.4 is 11.2 Å². The Balaban J connectivity index is 2.30. The van der Waals surface area contributed by atoms with E-state index in [-0.39, 0.29) is 17.7 Å². The molecular formula is C17H27BrN2O5Si. The molecule has 0 amide bonds. The number of aliphatic hydroxyl groups excluding tert-OH is 1. The highest BCUT2D eigenvalue weighted by atomic mass is 79.9. The molecule has 0 bridgehead atoms. The van der Waals surface area contributed by atoms with Crippen LogP contribution in [0.4, 0.5) is 0 Å². The van der Waals surface area contributed by atoms with Crippen LogP contribution in [0.3, 0.4) is 0 Å². The molecule has 2 heterocycles. The molecule has 1 saturated heterocycles. The number of ether oxygens (including phenoxy) is 1. The summed E-state index contributed by atoms with van der Waals surface area (Å²) in [6, 6.07) is 0. The van der Waals surface area contributed by atoms with Crippen LogP contribution in [0.2, 0.25) is 18.1 Å². The number of rotatable bonds is 5. The van der Waals surface area contributed by atoms with Gasteiger partial charge in [0.25, 0.3) is 5.56 Å². The Morgan fingerprint density at radius 2 is 2.12 bits per heavy atom. The highest BCUT2D eigenvalue weighted by Gasteiger charge is 2.45. The fourth-order valence-electron chi connectivity index (χ4n) is 2.62. The van der Waals surface area contributed by atoms with Crippen molar-refractivity contribution >= 4 is 30.3 Å². The number of nitrogens with one attached hydrogen (secondary N) is 1. The molecular weight excluding hydrogens is 420 g/mol. The second-order valence-corrected chi connectivity index (χ2v) is 13.3. The number of nitrogens with zero attached hydrogens (tertiary/aromatic N) is 1. The topological polar surface area (TPSA) is 93.6 Å². The Morgan fingerprint density at radius 3 is 2.65 bits per heavy atom. The van der Waals surface area contributed by atoms with Gasteiger partial charge in [-0.05, 0) is 29.2 Å². The maximum atomic E-state index is 12.2. The van der Waals surface area contributed by atoms with E-state index in [1.807, 2.05) is 0 Å². The van der Waals surface area contributed by atoms with Gasteiger partial charge in [0.2, 0.25) is 0 Å². The molecule has 1 aliphatic rings. The van der Waals surface area contributed by atoms with E-state index in [1.165, 1.54) is 10.8 Å². The third-order valence-electron chi connectivity index (χ3n) is 5.16.